The Kier molecular flexibility index (Phi) is 6.96. The van der Waals surface area contributed by atoms with Crippen LogP contribution in [0.4, 0.5) is 0 Å². The van der Waals surface area contributed by atoms with Crippen LogP contribution < -0.4 is 0 Å². The number of carboxylic acids is 4. The summed E-state index contributed by atoms with van der Waals surface area (Å²) in [7, 11) is -4.78. The fourth-order valence-corrected chi connectivity index (χ4v) is 2.71. The molecule has 5 N–H and O–H groups in total. The third-order valence-corrected chi connectivity index (χ3v) is 4.03. The highest BCUT2D eigenvalue weighted by Crippen LogP contribution is 2.19. The molecule has 11 nitrogen and oxygen atoms in total. The maximum Gasteiger partial charge on any atom is 0.338 e. The lowest BCUT2D eigenvalue weighted by molar-refractivity contribution is 0.0648. The molecule has 2 rings (SSSR count). The Hall–Kier alpha value is -3.77. The first-order valence-electron chi connectivity index (χ1n) is 7.00. The first kappa shape index (κ1) is 22.3. The van der Waals surface area contributed by atoms with Crippen molar-refractivity contribution in [3.63, 3.8) is 0 Å². The van der Waals surface area contributed by atoms with Gasteiger partial charge in [-0.1, -0.05) is 18.2 Å². The number of carbonyl (C=O) groups is 4. The SMILES string of the molecule is O=C(O)c1cccc(S(=O)(=O)O)c1C(=O)O.O=C(O)c1ccccc1C(=O)O. The normalized spacial score (nSPS) is 10.3. The van der Waals surface area contributed by atoms with Gasteiger partial charge in [0.2, 0.25) is 0 Å². The molecule has 0 saturated heterocycles. The molecule has 0 bridgehead atoms. The van der Waals surface area contributed by atoms with Crippen LogP contribution in [0, 0.1) is 0 Å². The lowest BCUT2D eigenvalue weighted by Gasteiger charge is -2.05. The topological polar surface area (TPSA) is 204 Å². The number of benzene rings is 2. The van der Waals surface area contributed by atoms with E-state index in [1.807, 2.05) is 0 Å². The van der Waals surface area contributed by atoms with Crippen LogP contribution in [0.2, 0.25) is 0 Å². The van der Waals surface area contributed by atoms with Gasteiger partial charge in [0, 0.05) is 0 Å². The first-order chi connectivity index (χ1) is 12.9. The summed E-state index contributed by atoms with van der Waals surface area (Å²) in [5.41, 5.74) is -2.05. The van der Waals surface area contributed by atoms with E-state index in [0.717, 1.165) is 18.2 Å². The lowest BCUT2D eigenvalue weighted by atomic mass is 10.1. The Morgan fingerprint density at radius 2 is 1.00 bits per heavy atom. The molecular weight excluding hydrogens is 400 g/mol. The van der Waals surface area contributed by atoms with Crippen molar-refractivity contribution in [2.45, 2.75) is 4.90 Å². The van der Waals surface area contributed by atoms with Crippen molar-refractivity contribution in [2.24, 2.45) is 0 Å². The minimum Gasteiger partial charge on any atom is -0.478 e. The van der Waals surface area contributed by atoms with Crippen molar-refractivity contribution in [3.8, 4) is 0 Å². The Bertz CT molecular complexity index is 1020. The molecule has 2 aromatic carbocycles. The molecule has 0 aromatic heterocycles. The summed E-state index contributed by atoms with van der Waals surface area (Å²) >= 11 is 0. The second-order valence-electron chi connectivity index (χ2n) is 4.92. The molecule has 0 unspecified atom stereocenters. The van der Waals surface area contributed by atoms with Crippen LogP contribution in [0.3, 0.4) is 0 Å². The average molecular weight is 412 g/mol. The van der Waals surface area contributed by atoms with Gasteiger partial charge in [0.15, 0.2) is 0 Å². The van der Waals surface area contributed by atoms with E-state index in [1.54, 1.807) is 0 Å². The standard InChI is InChI=1S/C8H6O7S.C8H6O4/c9-7(10)4-2-1-3-5(16(13,14)15)6(4)8(11)12;9-7(10)5-3-1-2-4-6(5)8(11)12/h1-3H,(H,9,10)(H,11,12)(H,13,14,15);1-4H,(H,9,10)(H,11,12). The molecule has 0 spiro atoms. The zero-order valence-electron chi connectivity index (χ0n) is 13.6. The molecule has 0 radical (unpaired) electrons. The van der Waals surface area contributed by atoms with Gasteiger partial charge in [-0.05, 0) is 24.3 Å². The molecule has 0 heterocycles. The van der Waals surface area contributed by atoms with Crippen molar-refractivity contribution in [1.29, 1.82) is 0 Å². The molecule has 0 amide bonds. The van der Waals surface area contributed by atoms with Crippen LogP contribution in [0.5, 0.6) is 0 Å². The molecule has 2 aromatic rings. The van der Waals surface area contributed by atoms with Crippen molar-refractivity contribution in [2.75, 3.05) is 0 Å². The summed E-state index contributed by atoms with van der Waals surface area (Å²) in [6.07, 6.45) is 0. The summed E-state index contributed by atoms with van der Waals surface area (Å²) in [4.78, 5) is 41.4. The number of hydrogen-bond acceptors (Lipinski definition) is 6. The summed E-state index contributed by atoms with van der Waals surface area (Å²) in [6.45, 7) is 0. The monoisotopic (exact) mass is 412 g/mol. The van der Waals surface area contributed by atoms with E-state index in [0.29, 0.717) is 0 Å². The van der Waals surface area contributed by atoms with Crippen LogP contribution in [-0.2, 0) is 10.1 Å². The first-order valence-corrected chi connectivity index (χ1v) is 8.44. The largest absolute Gasteiger partial charge is 0.478 e. The van der Waals surface area contributed by atoms with Crippen LogP contribution in [0.15, 0.2) is 47.4 Å². The van der Waals surface area contributed by atoms with Crippen molar-refractivity contribution in [1.82, 2.24) is 0 Å². The molecular formula is C16H12O11S. The van der Waals surface area contributed by atoms with Gasteiger partial charge >= 0.3 is 23.9 Å². The average Bonchev–Trinajstić information content (AvgIpc) is 2.60. The van der Waals surface area contributed by atoms with Gasteiger partial charge in [-0.3, -0.25) is 4.55 Å². The van der Waals surface area contributed by atoms with Gasteiger partial charge in [-0.15, -0.1) is 0 Å². The Balaban J connectivity index is 0.000000292. The zero-order chi connectivity index (χ0) is 21.6. The van der Waals surface area contributed by atoms with Crippen molar-refractivity contribution < 1.29 is 52.6 Å². The highest BCUT2D eigenvalue weighted by atomic mass is 32.2. The van der Waals surface area contributed by atoms with E-state index in [4.69, 9.17) is 25.0 Å². The molecule has 148 valence electrons. The smallest absolute Gasteiger partial charge is 0.338 e. The fraction of sp³-hybridized carbons (Fsp3) is 0. The van der Waals surface area contributed by atoms with E-state index in [2.05, 4.69) is 0 Å². The van der Waals surface area contributed by atoms with E-state index in [9.17, 15) is 27.6 Å². The summed E-state index contributed by atoms with van der Waals surface area (Å²) in [5, 5.41) is 34.5. The molecule has 12 heteroatoms. The van der Waals surface area contributed by atoms with Crippen molar-refractivity contribution >= 4 is 34.0 Å². The van der Waals surface area contributed by atoms with Gasteiger partial charge in [-0.2, -0.15) is 8.42 Å². The predicted molar refractivity (Wildman–Crippen MR) is 90.5 cm³/mol. The van der Waals surface area contributed by atoms with Crippen LogP contribution >= 0.6 is 0 Å². The minimum absolute atomic E-state index is 0.190. The number of aromatic carboxylic acids is 4. The van der Waals surface area contributed by atoms with Gasteiger partial charge in [0.05, 0.1) is 22.3 Å². The number of hydrogen-bond donors (Lipinski definition) is 5. The van der Waals surface area contributed by atoms with Gasteiger partial charge in [0.1, 0.15) is 4.90 Å². The third-order valence-electron chi connectivity index (χ3n) is 3.14. The van der Waals surface area contributed by atoms with E-state index in [-0.39, 0.29) is 11.1 Å². The predicted octanol–water partition coefficient (Wildman–Crippen LogP) is 1.41. The lowest BCUT2D eigenvalue weighted by Crippen LogP contribution is -2.14. The molecule has 0 aliphatic heterocycles. The number of carboxylic acid groups (broad SMARTS) is 4. The summed E-state index contributed by atoms with van der Waals surface area (Å²) in [5.74, 6) is -5.80. The third kappa shape index (κ3) is 5.36. The highest BCUT2D eigenvalue weighted by Gasteiger charge is 2.26. The van der Waals surface area contributed by atoms with Crippen molar-refractivity contribution in [3.05, 3.63) is 64.7 Å². The van der Waals surface area contributed by atoms with Gasteiger partial charge in [-0.25, -0.2) is 19.2 Å². The maximum atomic E-state index is 10.8. The van der Waals surface area contributed by atoms with Gasteiger partial charge < -0.3 is 20.4 Å². The number of rotatable bonds is 5. The summed E-state index contributed by atoms with van der Waals surface area (Å²) in [6, 6.07) is 8.24. The highest BCUT2D eigenvalue weighted by molar-refractivity contribution is 7.86. The Morgan fingerprint density at radius 1 is 0.607 bits per heavy atom. The second-order valence-corrected chi connectivity index (χ2v) is 6.31. The van der Waals surface area contributed by atoms with Crippen LogP contribution in [-0.4, -0.2) is 57.3 Å². The maximum absolute atomic E-state index is 10.8. The van der Waals surface area contributed by atoms with Crippen LogP contribution in [0.1, 0.15) is 41.4 Å². The summed E-state index contributed by atoms with van der Waals surface area (Å²) < 4.78 is 30.4. The van der Waals surface area contributed by atoms with Crippen LogP contribution in [0.25, 0.3) is 0 Å². The van der Waals surface area contributed by atoms with E-state index >= 15 is 0 Å². The quantitative estimate of drug-likeness (QED) is 0.444. The molecule has 0 aliphatic rings. The minimum atomic E-state index is -4.78. The van der Waals surface area contributed by atoms with E-state index < -0.39 is 50.0 Å². The van der Waals surface area contributed by atoms with Gasteiger partial charge in [0.25, 0.3) is 10.1 Å². The van der Waals surface area contributed by atoms with E-state index in [1.165, 1.54) is 24.3 Å². The Labute approximate surface area is 156 Å². The molecule has 28 heavy (non-hydrogen) atoms. The molecule has 0 saturated carbocycles. The second kappa shape index (κ2) is 8.75. The molecule has 0 aliphatic carbocycles. The fourth-order valence-electron chi connectivity index (χ4n) is 2.00. The zero-order valence-corrected chi connectivity index (χ0v) is 14.5. The molecule has 0 atom stereocenters. The molecule has 0 fully saturated rings. The Morgan fingerprint density at radius 3 is 1.32 bits per heavy atom.